The van der Waals surface area contributed by atoms with Gasteiger partial charge in [-0.05, 0) is 24.7 Å². The summed E-state index contributed by atoms with van der Waals surface area (Å²) in [5, 5.41) is 0. The molecule has 2 saturated heterocycles. The van der Waals surface area contributed by atoms with Crippen LogP contribution in [0.3, 0.4) is 0 Å². The summed E-state index contributed by atoms with van der Waals surface area (Å²) >= 11 is 0. The van der Waals surface area contributed by atoms with Crippen LogP contribution in [0.5, 0.6) is 0 Å². The van der Waals surface area contributed by atoms with Crippen molar-refractivity contribution in [1.82, 2.24) is 19.7 Å². The van der Waals surface area contributed by atoms with E-state index in [1.54, 1.807) is 6.20 Å². The first-order valence-corrected chi connectivity index (χ1v) is 10.1. The summed E-state index contributed by atoms with van der Waals surface area (Å²) in [5.41, 5.74) is 2.08. The highest BCUT2D eigenvalue weighted by Crippen LogP contribution is 2.17. The van der Waals surface area contributed by atoms with Crippen molar-refractivity contribution in [1.29, 1.82) is 0 Å². The first kappa shape index (κ1) is 18.9. The van der Waals surface area contributed by atoms with Crippen molar-refractivity contribution in [3.63, 3.8) is 0 Å². The molecule has 0 unspecified atom stereocenters. The summed E-state index contributed by atoms with van der Waals surface area (Å²) < 4.78 is 0. The van der Waals surface area contributed by atoms with Crippen molar-refractivity contribution in [3.05, 3.63) is 59.8 Å². The number of amides is 1. The summed E-state index contributed by atoms with van der Waals surface area (Å²) in [4.78, 5) is 26.5. The molecule has 1 amide bonds. The third kappa shape index (κ3) is 4.51. The lowest BCUT2D eigenvalue weighted by atomic mass is 10.1. The molecule has 2 aliphatic rings. The Balaban J connectivity index is 1.34. The second kappa shape index (κ2) is 8.71. The molecule has 0 saturated carbocycles. The van der Waals surface area contributed by atoms with Crippen LogP contribution in [0.4, 0.5) is 5.82 Å². The molecular formula is C22H29N5O. The number of hydrogen-bond acceptors (Lipinski definition) is 5. The van der Waals surface area contributed by atoms with Gasteiger partial charge in [-0.2, -0.15) is 0 Å². The Bertz CT molecular complexity index is 781. The third-order valence-corrected chi connectivity index (χ3v) is 5.73. The molecule has 1 aromatic carbocycles. The number of likely N-dealkylation sites (N-methyl/N-ethyl adjacent to an activating group) is 1. The minimum atomic E-state index is 0.122. The third-order valence-electron chi connectivity index (χ3n) is 5.73. The molecule has 2 aliphatic heterocycles. The smallest absolute Gasteiger partial charge is 0.254 e. The van der Waals surface area contributed by atoms with Gasteiger partial charge < -0.3 is 14.7 Å². The van der Waals surface area contributed by atoms with E-state index < -0.39 is 0 Å². The number of carbonyl (C=O) groups is 1. The van der Waals surface area contributed by atoms with E-state index in [-0.39, 0.29) is 5.91 Å². The van der Waals surface area contributed by atoms with E-state index in [0.29, 0.717) is 0 Å². The molecule has 28 heavy (non-hydrogen) atoms. The molecule has 2 aromatic rings. The van der Waals surface area contributed by atoms with E-state index in [9.17, 15) is 4.79 Å². The summed E-state index contributed by atoms with van der Waals surface area (Å²) in [6, 6.07) is 14.3. The normalized spacial score (nSPS) is 19.0. The van der Waals surface area contributed by atoms with Crippen LogP contribution in [-0.2, 0) is 6.54 Å². The summed E-state index contributed by atoms with van der Waals surface area (Å²) in [6.07, 6.45) is 1.77. The molecule has 6 nitrogen and oxygen atoms in total. The number of aromatic nitrogens is 1. The second-order valence-electron chi connectivity index (χ2n) is 7.75. The zero-order valence-electron chi connectivity index (χ0n) is 16.6. The Morgan fingerprint density at radius 2 is 1.64 bits per heavy atom. The van der Waals surface area contributed by atoms with Crippen LogP contribution in [0.1, 0.15) is 15.9 Å². The lowest BCUT2D eigenvalue weighted by molar-refractivity contribution is 0.0628. The molecule has 0 radical (unpaired) electrons. The lowest BCUT2D eigenvalue weighted by Crippen LogP contribution is -2.48. The van der Waals surface area contributed by atoms with Crippen LogP contribution in [0.15, 0.2) is 48.7 Å². The lowest BCUT2D eigenvalue weighted by Gasteiger charge is -2.35. The van der Waals surface area contributed by atoms with Gasteiger partial charge in [0.05, 0.1) is 0 Å². The second-order valence-corrected chi connectivity index (χ2v) is 7.75. The maximum Gasteiger partial charge on any atom is 0.254 e. The Kier molecular flexibility index (Phi) is 5.88. The number of hydrogen-bond donors (Lipinski definition) is 0. The molecular weight excluding hydrogens is 350 g/mol. The molecule has 6 heteroatoms. The molecule has 3 heterocycles. The van der Waals surface area contributed by atoms with Crippen molar-refractivity contribution in [3.8, 4) is 0 Å². The number of pyridine rings is 1. The van der Waals surface area contributed by atoms with E-state index in [1.165, 1.54) is 5.56 Å². The molecule has 4 rings (SSSR count). The van der Waals surface area contributed by atoms with Gasteiger partial charge in [0.15, 0.2) is 0 Å². The van der Waals surface area contributed by atoms with Crippen LogP contribution >= 0.6 is 0 Å². The monoisotopic (exact) mass is 379 g/mol. The fraction of sp³-hybridized carbons (Fsp3) is 0.455. The summed E-state index contributed by atoms with van der Waals surface area (Å²) in [7, 11) is 2.14. The van der Waals surface area contributed by atoms with Gasteiger partial charge in [-0.25, -0.2) is 4.98 Å². The Labute approximate surface area is 167 Å². The van der Waals surface area contributed by atoms with Crippen molar-refractivity contribution in [2.45, 2.75) is 6.54 Å². The zero-order chi connectivity index (χ0) is 19.3. The molecule has 0 aliphatic carbocycles. The van der Waals surface area contributed by atoms with Crippen LogP contribution in [0.25, 0.3) is 0 Å². The first-order chi connectivity index (χ1) is 13.7. The van der Waals surface area contributed by atoms with E-state index in [4.69, 9.17) is 0 Å². The quantitative estimate of drug-likeness (QED) is 0.810. The molecule has 0 bridgehead atoms. The topological polar surface area (TPSA) is 42.9 Å². The molecule has 0 atom stereocenters. The number of rotatable bonds is 4. The number of nitrogens with zero attached hydrogens (tertiary/aromatic N) is 5. The minimum Gasteiger partial charge on any atom is -0.354 e. The van der Waals surface area contributed by atoms with Gasteiger partial charge in [0.25, 0.3) is 5.91 Å². The van der Waals surface area contributed by atoms with Crippen LogP contribution in [0.2, 0.25) is 0 Å². The van der Waals surface area contributed by atoms with E-state index >= 15 is 0 Å². The van der Waals surface area contributed by atoms with Gasteiger partial charge in [-0.15, -0.1) is 0 Å². The fourth-order valence-corrected chi connectivity index (χ4v) is 3.89. The highest BCUT2D eigenvalue weighted by Gasteiger charge is 2.23. The molecule has 0 spiro atoms. The van der Waals surface area contributed by atoms with Gasteiger partial charge >= 0.3 is 0 Å². The van der Waals surface area contributed by atoms with E-state index in [0.717, 1.165) is 70.3 Å². The van der Waals surface area contributed by atoms with E-state index in [1.807, 2.05) is 23.1 Å². The summed E-state index contributed by atoms with van der Waals surface area (Å²) in [6.45, 7) is 8.31. The maximum atomic E-state index is 13.0. The van der Waals surface area contributed by atoms with Gasteiger partial charge in [-0.1, -0.05) is 30.3 Å². The number of benzene rings is 1. The first-order valence-electron chi connectivity index (χ1n) is 10.1. The number of anilines is 1. The van der Waals surface area contributed by atoms with Crippen LogP contribution < -0.4 is 4.90 Å². The molecule has 0 N–H and O–H groups in total. The molecule has 2 fully saturated rings. The van der Waals surface area contributed by atoms with Gasteiger partial charge in [0.1, 0.15) is 5.82 Å². The highest BCUT2D eigenvalue weighted by molar-refractivity contribution is 5.95. The highest BCUT2D eigenvalue weighted by atomic mass is 16.2. The fourth-order valence-electron chi connectivity index (χ4n) is 3.89. The van der Waals surface area contributed by atoms with Crippen molar-refractivity contribution >= 4 is 11.7 Å². The van der Waals surface area contributed by atoms with Gasteiger partial charge in [0, 0.05) is 70.7 Å². The predicted octanol–water partition coefficient (Wildman–Crippen LogP) is 1.79. The average molecular weight is 380 g/mol. The van der Waals surface area contributed by atoms with Crippen molar-refractivity contribution in [2.75, 3.05) is 64.3 Å². The van der Waals surface area contributed by atoms with Crippen molar-refractivity contribution in [2.24, 2.45) is 0 Å². The minimum absolute atomic E-state index is 0.122. The Morgan fingerprint density at radius 1 is 0.929 bits per heavy atom. The van der Waals surface area contributed by atoms with Crippen LogP contribution in [0, 0.1) is 0 Å². The molecule has 148 valence electrons. The number of piperazine rings is 2. The Morgan fingerprint density at radius 3 is 2.36 bits per heavy atom. The largest absolute Gasteiger partial charge is 0.354 e. The maximum absolute atomic E-state index is 13.0. The standard InChI is InChI=1S/C22H29N5O/c1-24-9-13-26(14-10-24)21-17-20(7-8-23-21)22(28)27-15-11-25(12-16-27)18-19-5-3-2-4-6-19/h2-8,17H,9-16,18H2,1H3. The Hall–Kier alpha value is -2.44. The zero-order valence-corrected chi connectivity index (χ0v) is 16.6. The van der Waals surface area contributed by atoms with Gasteiger partial charge in [-0.3, -0.25) is 9.69 Å². The average Bonchev–Trinajstić information content (AvgIpc) is 2.75. The van der Waals surface area contributed by atoms with Crippen LogP contribution in [-0.4, -0.2) is 85.0 Å². The SMILES string of the molecule is CN1CCN(c2cc(C(=O)N3CCN(Cc4ccccc4)CC3)ccn2)CC1. The van der Waals surface area contributed by atoms with Crippen molar-refractivity contribution < 1.29 is 4.79 Å². The summed E-state index contributed by atoms with van der Waals surface area (Å²) in [5.74, 6) is 1.04. The molecule has 1 aromatic heterocycles. The predicted molar refractivity (Wildman–Crippen MR) is 112 cm³/mol. The van der Waals surface area contributed by atoms with E-state index in [2.05, 4.69) is 51.0 Å². The van der Waals surface area contributed by atoms with Gasteiger partial charge in [0.2, 0.25) is 0 Å². The number of carbonyl (C=O) groups excluding carboxylic acids is 1.